The maximum absolute atomic E-state index is 6.43. The summed E-state index contributed by atoms with van der Waals surface area (Å²) < 4.78 is 7.87. The van der Waals surface area contributed by atoms with Gasteiger partial charge < -0.3 is 9.40 Å². The normalized spacial score (nSPS) is 13.0. The predicted molar refractivity (Wildman–Crippen MR) is 194 cm³/mol. The molecule has 0 spiro atoms. The van der Waals surface area contributed by atoms with E-state index in [4.69, 9.17) is 4.42 Å². The summed E-state index contributed by atoms with van der Waals surface area (Å²) in [6.45, 7) is 6.97. The van der Waals surface area contributed by atoms with Crippen LogP contribution in [0.5, 0.6) is 0 Å². The van der Waals surface area contributed by atoms with Crippen LogP contribution in [0.25, 0.3) is 55.6 Å². The van der Waals surface area contributed by atoms with Crippen molar-refractivity contribution in [1.82, 2.24) is 9.97 Å². The van der Waals surface area contributed by atoms with Crippen LogP contribution >= 0.6 is 0 Å². The number of aromatic nitrogens is 2. The van der Waals surface area contributed by atoms with Crippen LogP contribution in [0.15, 0.2) is 114 Å². The smallest absolute Gasteiger partial charge is 0 e. The summed E-state index contributed by atoms with van der Waals surface area (Å²) in [5.41, 5.74) is 9.61. The summed E-state index contributed by atoms with van der Waals surface area (Å²) >= 11 is -1.72. The third kappa shape index (κ3) is 5.86. The number of fused-ring (bicyclic) bond motifs is 6. The van der Waals surface area contributed by atoms with Gasteiger partial charge in [-0.15, -0.1) is 18.2 Å². The first-order valence-corrected chi connectivity index (χ1v) is 25.8. The molecule has 4 aromatic carbocycles. The molecule has 46 heavy (non-hydrogen) atoms. The second kappa shape index (κ2) is 12.5. The molecule has 0 unspecified atom stereocenters. The molecule has 0 amide bonds. The fourth-order valence-corrected chi connectivity index (χ4v) is 11.6. The summed E-state index contributed by atoms with van der Waals surface area (Å²) in [5, 5.41) is 5.34. The number of aryl methyl sites for hydroxylation is 1. The minimum Gasteiger partial charge on any atom is 0 e. The van der Waals surface area contributed by atoms with Crippen molar-refractivity contribution in [2.45, 2.75) is 37.3 Å². The molecule has 0 aliphatic carbocycles. The van der Waals surface area contributed by atoms with Gasteiger partial charge in [0.05, 0.1) is 5.58 Å². The van der Waals surface area contributed by atoms with Crippen LogP contribution in [0, 0.1) is 19.1 Å². The maximum atomic E-state index is 6.43. The number of hydrogen-bond acceptors (Lipinski definition) is 3. The van der Waals surface area contributed by atoms with Gasteiger partial charge in [-0.2, -0.15) is 0 Å². The van der Waals surface area contributed by atoms with Crippen molar-refractivity contribution in [3.8, 4) is 33.6 Å². The molecule has 0 N–H and O–H groups in total. The van der Waals surface area contributed by atoms with E-state index in [1.165, 1.54) is 36.8 Å². The Morgan fingerprint density at radius 1 is 0.717 bits per heavy atom. The van der Waals surface area contributed by atoms with Crippen LogP contribution < -0.4 is 14.8 Å². The molecular formula is C40H36GeIrN2OSi-2. The monoisotopic (exact) mass is 855 g/mol. The molecule has 6 heteroatoms. The number of furan rings is 1. The Morgan fingerprint density at radius 3 is 2.24 bits per heavy atom. The third-order valence-corrected chi connectivity index (χ3v) is 16.7. The largest absolute Gasteiger partial charge is 0 e. The second-order valence-corrected chi connectivity index (χ2v) is 28.4. The molecule has 0 saturated carbocycles. The van der Waals surface area contributed by atoms with Crippen LogP contribution in [0.3, 0.4) is 0 Å². The summed E-state index contributed by atoms with van der Waals surface area (Å²) in [6, 6.07) is 40.5. The average molecular weight is 854 g/mol. The van der Waals surface area contributed by atoms with Gasteiger partial charge in [-0.3, -0.25) is 0 Å². The van der Waals surface area contributed by atoms with Crippen molar-refractivity contribution in [3.63, 3.8) is 0 Å². The van der Waals surface area contributed by atoms with Crippen LogP contribution in [0.2, 0.25) is 30.4 Å². The first-order chi connectivity index (χ1) is 21.6. The molecule has 0 fully saturated rings. The Bertz CT molecular complexity index is 2180. The van der Waals surface area contributed by atoms with Gasteiger partial charge in [0.1, 0.15) is 13.7 Å². The summed E-state index contributed by atoms with van der Waals surface area (Å²) in [6.07, 6.45) is 3.88. The molecule has 0 saturated heterocycles. The standard InChI is InChI=1S/C26H20NOSi.C14H16GeN.Ir/c1-16-11-12-27-22(13-16)19-9-6-8-18-20-15-25-21(14-23(20)28-26(18)19)17-7-4-5-10-24(17)29(25,2)3;1-15(2,3)13-9-10-14(16-11-13)12-7-5-4-6-8-12;/h4-8,10-15H,1-3H3;4-7,9-11H,1-3H3;/q2*-1;. The summed E-state index contributed by atoms with van der Waals surface area (Å²) in [7, 11) is -1.71. The van der Waals surface area contributed by atoms with Gasteiger partial charge in [0.2, 0.25) is 0 Å². The van der Waals surface area contributed by atoms with Crippen molar-refractivity contribution in [3.05, 3.63) is 127 Å². The van der Waals surface area contributed by atoms with Crippen LogP contribution in [-0.2, 0) is 20.1 Å². The Kier molecular flexibility index (Phi) is 8.81. The topological polar surface area (TPSA) is 38.9 Å². The predicted octanol–water partition coefficient (Wildman–Crippen LogP) is 8.65. The van der Waals surface area contributed by atoms with Crippen molar-refractivity contribution in [2.75, 3.05) is 0 Å². The molecular weight excluding hydrogens is 817 g/mol. The molecule has 8 rings (SSSR count). The molecule has 1 radical (unpaired) electrons. The van der Waals surface area contributed by atoms with E-state index < -0.39 is 21.3 Å². The quantitative estimate of drug-likeness (QED) is 0.132. The zero-order valence-corrected chi connectivity index (χ0v) is 32.5. The molecule has 3 aromatic heterocycles. The van der Waals surface area contributed by atoms with Gasteiger partial charge in [-0.25, -0.2) is 0 Å². The molecule has 1 aliphatic heterocycles. The Labute approximate surface area is 288 Å². The minimum atomic E-state index is -1.72. The first-order valence-electron chi connectivity index (χ1n) is 15.5. The van der Waals surface area contributed by atoms with Gasteiger partial charge in [0.15, 0.2) is 0 Å². The maximum Gasteiger partial charge on any atom is 0 e. The van der Waals surface area contributed by atoms with Gasteiger partial charge in [-0.1, -0.05) is 66.0 Å². The Hall–Kier alpha value is -3.61. The van der Waals surface area contributed by atoms with E-state index in [9.17, 15) is 0 Å². The molecule has 231 valence electrons. The molecule has 0 bridgehead atoms. The first kappa shape index (κ1) is 32.3. The van der Waals surface area contributed by atoms with Gasteiger partial charge in [0, 0.05) is 31.7 Å². The Balaban J connectivity index is 0.000000187. The zero-order valence-electron chi connectivity index (χ0n) is 27.0. The zero-order chi connectivity index (χ0) is 31.3. The van der Waals surface area contributed by atoms with E-state index in [2.05, 4.69) is 120 Å². The third-order valence-electron chi connectivity index (χ3n) is 8.92. The van der Waals surface area contributed by atoms with Gasteiger partial charge >= 0.3 is 99.8 Å². The molecule has 4 heterocycles. The molecule has 3 nitrogen and oxygen atoms in total. The number of pyridine rings is 2. The van der Waals surface area contributed by atoms with E-state index in [1.807, 2.05) is 48.8 Å². The Morgan fingerprint density at radius 2 is 1.52 bits per heavy atom. The van der Waals surface area contributed by atoms with Crippen LogP contribution in [-0.4, -0.2) is 31.3 Å². The summed E-state index contributed by atoms with van der Waals surface area (Å²) in [4.78, 5) is 9.09. The second-order valence-electron chi connectivity index (χ2n) is 13.4. The number of rotatable bonds is 3. The summed E-state index contributed by atoms with van der Waals surface area (Å²) in [5.74, 6) is 7.14. The number of hydrogen-bond donors (Lipinski definition) is 0. The van der Waals surface area contributed by atoms with Gasteiger partial charge in [0.25, 0.3) is 0 Å². The van der Waals surface area contributed by atoms with Crippen molar-refractivity contribution >= 4 is 58.0 Å². The van der Waals surface area contributed by atoms with E-state index in [0.29, 0.717) is 0 Å². The minimum absolute atomic E-state index is 0. The van der Waals surface area contributed by atoms with Crippen LogP contribution in [0.4, 0.5) is 0 Å². The fourth-order valence-electron chi connectivity index (χ4n) is 6.35. The SMILES string of the molecule is Cc1ccnc(-c2[c-]ccc3c2oc2cc4c(cc23)[Si](C)(C)c2ccccc2-4)c1.[CH3][Ge]([CH3])([CH3])[c]1ccc(-c2[c-]cccc2)nc1.[Ir]. The fraction of sp³-hybridized carbons (Fsp3) is 0.150. The molecule has 7 aromatic rings. The van der Waals surface area contributed by atoms with E-state index in [1.54, 1.807) is 0 Å². The van der Waals surface area contributed by atoms with Crippen LogP contribution in [0.1, 0.15) is 5.56 Å². The van der Waals surface area contributed by atoms with E-state index in [-0.39, 0.29) is 20.1 Å². The number of nitrogens with zero attached hydrogens (tertiary/aromatic N) is 2. The van der Waals surface area contributed by atoms with Crippen molar-refractivity contribution in [1.29, 1.82) is 0 Å². The average Bonchev–Trinajstić information content (AvgIpc) is 3.52. The number of benzene rings is 4. The van der Waals surface area contributed by atoms with E-state index in [0.717, 1.165) is 39.1 Å². The van der Waals surface area contributed by atoms with E-state index >= 15 is 0 Å². The molecule has 0 atom stereocenters. The van der Waals surface area contributed by atoms with Crippen molar-refractivity contribution < 1.29 is 24.5 Å². The van der Waals surface area contributed by atoms with Crippen molar-refractivity contribution in [2.24, 2.45) is 0 Å². The molecule has 1 aliphatic rings. The van der Waals surface area contributed by atoms with Gasteiger partial charge in [-0.05, 0) is 46.3 Å².